The summed E-state index contributed by atoms with van der Waals surface area (Å²) in [5.41, 5.74) is 2.79. The average molecular weight is 506 g/mol. The highest BCUT2D eigenvalue weighted by Crippen LogP contribution is 2.51. The van der Waals surface area contributed by atoms with Crippen molar-refractivity contribution in [3.05, 3.63) is 53.9 Å². The fourth-order valence-corrected chi connectivity index (χ4v) is 5.51. The Morgan fingerprint density at radius 2 is 1.81 bits per heavy atom. The average Bonchev–Trinajstić information content (AvgIpc) is 2.98. The van der Waals surface area contributed by atoms with Gasteiger partial charge in [0.25, 0.3) is 0 Å². The number of aliphatic carboxylic acids is 1. The van der Waals surface area contributed by atoms with Gasteiger partial charge in [0.05, 0.1) is 17.8 Å². The van der Waals surface area contributed by atoms with E-state index in [4.69, 9.17) is 10.1 Å². The molecule has 1 aromatic carbocycles. The van der Waals surface area contributed by atoms with Crippen LogP contribution in [-0.4, -0.2) is 27.0 Å². The number of halogens is 3. The van der Waals surface area contributed by atoms with E-state index < -0.39 is 12.3 Å². The second-order valence-corrected chi connectivity index (χ2v) is 11.1. The third-order valence-electron chi connectivity index (χ3n) is 6.23. The number of allylic oxidation sites excluding steroid dienone is 1. The minimum atomic E-state index is -4.76. The molecule has 0 spiro atoms. The molecule has 9 heteroatoms. The first-order chi connectivity index (χ1) is 16.5. The van der Waals surface area contributed by atoms with Gasteiger partial charge in [0.15, 0.2) is 0 Å². The maximum absolute atomic E-state index is 12.5. The number of ether oxygens (including phenoxy) is 1. The first kappa shape index (κ1) is 27.4. The van der Waals surface area contributed by atoms with Gasteiger partial charge in [-0.1, -0.05) is 40.3 Å². The highest BCUT2D eigenvalue weighted by atomic mass is 19.4. The quantitative estimate of drug-likeness (QED) is 0.360. The molecule has 0 radical (unpaired) electrons. The summed E-state index contributed by atoms with van der Waals surface area (Å²) in [6.07, 6.45) is 1.52. The number of nitrogens with one attached hydrogen (secondary N) is 1. The Bertz CT molecular complexity index is 1130. The molecule has 0 bridgehead atoms. The van der Waals surface area contributed by atoms with Gasteiger partial charge in [-0.2, -0.15) is 0 Å². The number of aryl methyl sites for hydroxylation is 1. The van der Waals surface area contributed by atoms with Gasteiger partial charge in [0, 0.05) is 11.7 Å². The molecule has 2 N–H and O–H groups in total. The van der Waals surface area contributed by atoms with Crippen LogP contribution in [0, 0.1) is 17.8 Å². The minimum Gasteiger partial charge on any atom is -0.481 e. The van der Waals surface area contributed by atoms with E-state index in [1.165, 1.54) is 24.3 Å². The van der Waals surface area contributed by atoms with E-state index in [1.807, 2.05) is 13.0 Å². The number of rotatable bonds is 8. The number of carboxylic acid groups (broad SMARTS) is 1. The number of anilines is 2. The number of hydrogen-bond donors (Lipinski definition) is 2. The van der Waals surface area contributed by atoms with E-state index in [0.29, 0.717) is 17.2 Å². The standard InChI is InChI=1S/C27H34F3N3O3/c1-17(13-23(34)35)7-12-22-18(2)31-24(32-19-8-10-21(11-9-19)36-27(28,29)30)33(22)20-14-25(3,4)16-26(5,6)15-20/h7-12,20H,1,13-16H2,2-6H3,(H,31,32)(H,34,35)/b12-7-. The van der Waals surface area contributed by atoms with Crippen molar-refractivity contribution in [1.82, 2.24) is 9.55 Å². The van der Waals surface area contributed by atoms with Crippen LogP contribution in [0.3, 0.4) is 0 Å². The molecule has 196 valence electrons. The normalized spacial score (nSPS) is 17.8. The van der Waals surface area contributed by atoms with Crippen LogP contribution in [0.1, 0.15) is 70.8 Å². The Morgan fingerprint density at radius 3 is 2.33 bits per heavy atom. The molecule has 0 unspecified atom stereocenters. The van der Waals surface area contributed by atoms with Crippen molar-refractivity contribution in [2.45, 2.75) is 72.7 Å². The summed E-state index contributed by atoms with van der Waals surface area (Å²) in [7, 11) is 0. The molecule has 1 saturated carbocycles. The zero-order valence-electron chi connectivity index (χ0n) is 21.4. The van der Waals surface area contributed by atoms with Gasteiger partial charge in [-0.25, -0.2) is 4.98 Å². The highest BCUT2D eigenvalue weighted by molar-refractivity contribution is 5.71. The van der Waals surface area contributed by atoms with E-state index in [0.717, 1.165) is 30.7 Å². The van der Waals surface area contributed by atoms with Gasteiger partial charge in [0.1, 0.15) is 5.75 Å². The van der Waals surface area contributed by atoms with E-state index in [1.54, 1.807) is 6.08 Å². The Labute approximate surface area is 209 Å². The number of nitrogens with zero attached hydrogens (tertiary/aromatic N) is 2. The highest BCUT2D eigenvalue weighted by Gasteiger charge is 2.40. The van der Waals surface area contributed by atoms with Crippen LogP contribution in [0.25, 0.3) is 6.08 Å². The Morgan fingerprint density at radius 1 is 1.22 bits per heavy atom. The second-order valence-electron chi connectivity index (χ2n) is 11.1. The van der Waals surface area contributed by atoms with Crippen molar-refractivity contribution in [1.29, 1.82) is 0 Å². The Balaban J connectivity index is 2.00. The van der Waals surface area contributed by atoms with E-state index in [9.17, 15) is 18.0 Å². The van der Waals surface area contributed by atoms with Crippen LogP contribution < -0.4 is 10.1 Å². The summed E-state index contributed by atoms with van der Waals surface area (Å²) < 4.78 is 43.7. The predicted octanol–water partition coefficient (Wildman–Crippen LogP) is 7.66. The Kier molecular flexibility index (Phi) is 7.62. The minimum absolute atomic E-state index is 0.0896. The molecule has 0 atom stereocenters. The van der Waals surface area contributed by atoms with Gasteiger partial charge in [-0.3, -0.25) is 4.79 Å². The summed E-state index contributed by atoms with van der Waals surface area (Å²) in [6, 6.07) is 5.62. The van der Waals surface area contributed by atoms with E-state index >= 15 is 0 Å². The van der Waals surface area contributed by atoms with Gasteiger partial charge in [-0.05, 0) is 72.9 Å². The van der Waals surface area contributed by atoms with Gasteiger partial charge in [0.2, 0.25) is 5.95 Å². The molecule has 3 rings (SSSR count). The third-order valence-corrected chi connectivity index (χ3v) is 6.23. The topological polar surface area (TPSA) is 76.4 Å². The number of carboxylic acids is 1. The molecule has 1 aliphatic rings. The molecule has 1 aromatic heterocycles. The lowest BCUT2D eigenvalue weighted by atomic mass is 9.63. The van der Waals surface area contributed by atoms with Crippen molar-refractivity contribution in [2.24, 2.45) is 10.8 Å². The summed E-state index contributed by atoms with van der Waals surface area (Å²) in [6.45, 7) is 14.7. The largest absolute Gasteiger partial charge is 0.573 e. The zero-order chi connectivity index (χ0) is 26.9. The predicted molar refractivity (Wildman–Crippen MR) is 134 cm³/mol. The Hall–Kier alpha value is -3.23. The number of hydrogen-bond acceptors (Lipinski definition) is 4. The fraction of sp³-hybridized carbons (Fsp3) is 0.481. The van der Waals surface area contributed by atoms with Gasteiger partial charge < -0.3 is 19.7 Å². The van der Waals surface area contributed by atoms with Crippen molar-refractivity contribution in [3.63, 3.8) is 0 Å². The van der Waals surface area contributed by atoms with E-state index in [2.05, 4.69) is 48.9 Å². The zero-order valence-corrected chi connectivity index (χ0v) is 21.4. The monoisotopic (exact) mass is 505 g/mol. The number of imidazole rings is 1. The molecule has 0 saturated heterocycles. The maximum atomic E-state index is 12.5. The molecule has 0 amide bonds. The number of aromatic nitrogens is 2. The summed E-state index contributed by atoms with van der Waals surface area (Å²) in [5.74, 6) is -0.686. The van der Waals surface area contributed by atoms with Crippen molar-refractivity contribution < 1.29 is 27.8 Å². The molecule has 0 aliphatic heterocycles. The SMILES string of the molecule is C=C(/C=C\c1c(C)nc(Nc2ccc(OC(F)(F)F)cc2)n1C1CC(C)(C)CC(C)(C)C1)CC(=O)O. The third kappa shape index (κ3) is 7.38. The van der Waals surface area contributed by atoms with Gasteiger partial charge >= 0.3 is 12.3 Å². The van der Waals surface area contributed by atoms with Crippen LogP contribution in [0.15, 0.2) is 42.5 Å². The lowest BCUT2D eigenvalue weighted by Crippen LogP contribution is -2.35. The summed E-state index contributed by atoms with van der Waals surface area (Å²) in [4.78, 5) is 15.8. The van der Waals surface area contributed by atoms with E-state index in [-0.39, 0.29) is 29.0 Å². The molecular formula is C27H34F3N3O3. The van der Waals surface area contributed by atoms with Crippen LogP contribution >= 0.6 is 0 Å². The summed E-state index contributed by atoms with van der Waals surface area (Å²) in [5, 5.41) is 12.3. The lowest BCUT2D eigenvalue weighted by Gasteiger charge is -2.46. The summed E-state index contributed by atoms with van der Waals surface area (Å²) >= 11 is 0. The smallest absolute Gasteiger partial charge is 0.481 e. The number of carbonyl (C=O) groups is 1. The first-order valence-corrected chi connectivity index (χ1v) is 11.8. The van der Waals surface area contributed by atoms with Crippen molar-refractivity contribution >= 4 is 23.7 Å². The van der Waals surface area contributed by atoms with Crippen molar-refractivity contribution in [3.8, 4) is 5.75 Å². The molecule has 1 fully saturated rings. The molecule has 2 aromatic rings. The van der Waals surface area contributed by atoms with Crippen LogP contribution in [0.4, 0.5) is 24.8 Å². The molecule has 6 nitrogen and oxygen atoms in total. The number of alkyl halides is 3. The first-order valence-electron chi connectivity index (χ1n) is 11.8. The molecule has 1 aliphatic carbocycles. The lowest BCUT2D eigenvalue weighted by molar-refractivity contribution is -0.274. The van der Waals surface area contributed by atoms with Gasteiger partial charge in [-0.15, -0.1) is 13.2 Å². The molecule has 1 heterocycles. The van der Waals surface area contributed by atoms with Crippen molar-refractivity contribution in [2.75, 3.05) is 5.32 Å². The van der Waals surface area contributed by atoms with Crippen LogP contribution in [0.5, 0.6) is 5.75 Å². The molecular weight excluding hydrogens is 471 g/mol. The fourth-order valence-electron chi connectivity index (χ4n) is 5.51. The van der Waals surface area contributed by atoms with Crippen LogP contribution in [0.2, 0.25) is 0 Å². The second kappa shape index (κ2) is 10.0. The van der Waals surface area contributed by atoms with Crippen LogP contribution in [-0.2, 0) is 4.79 Å². The number of benzene rings is 1. The molecule has 36 heavy (non-hydrogen) atoms. The maximum Gasteiger partial charge on any atom is 0.573 e.